The van der Waals surface area contributed by atoms with Crippen LogP contribution < -0.4 is 5.32 Å². The minimum atomic E-state index is -0.135. The van der Waals surface area contributed by atoms with Crippen molar-refractivity contribution in [3.8, 4) is 0 Å². The molecule has 2 aromatic carbocycles. The third-order valence-corrected chi connectivity index (χ3v) is 4.17. The van der Waals surface area contributed by atoms with Crippen molar-refractivity contribution < 1.29 is 4.79 Å². The van der Waals surface area contributed by atoms with Crippen molar-refractivity contribution in [3.05, 3.63) is 82.1 Å². The minimum Gasteiger partial charge on any atom is -0.319 e. The van der Waals surface area contributed by atoms with E-state index in [4.69, 9.17) is 11.6 Å². The van der Waals surface area contributed by atoms with Gasteiger partial charge in [0.05, 0.1) is 18.4 Å². The molecule has 1 aromatic heterocycles. The van der Waals surface area contributed by atoms with Crippen LogP contribution in [-0.2, 0) is 6.54 Å². The largest absolute Gasteiger partial charge is 0.319 e. The first kappa shape index (κ1) is 16.3. The highest BCUT2D eigenvalue weighted by Crippen LogP contribution is 2.14. The number of halogens is 1. The smallest absolute Gasteiger partial charge is 0.255 e. The molecule has 0 unspecified atom stereocenters. The summed E-state index contributed by atoms with van der Waals surface area (Å²) < 4.78 is 1.78. The van der Waals surface area contributed by atoms with Crippen molar-refractivity contribution in [1.82, 2.24) is 9.78 Å². The summed E-state index contributed by atoms with van der Waals surface area (Å²) in [6.45, 7) is 4.64. The van der Waals surface area contributed by atoms with Gasteiger partial charge in [0.1, 0.15) is 0 Å². The summed E-state index contributed by atoms with van der Waals surface area (Å²) in [6, 6.07) is 13.3. The molecule has 0 aliphatic heterocycles. The predicted molar refractivity (Wildman–Crippen MR) is 96.7 cm³/mol. The first-order valence-electron chi connectivity index (χ1n) is 7.67. The van der Waals surface area contributed by atoms with Gasteiger partial charge in [-0.2, -0.15) is 5.10 Å². The van der Waals surface area contributed by atoms with Crippen LogP contribution in [0.2, 0.25) is 5.02 Å². The topological polar surface area (TPSA) is 46.9 Å². The highest BCUT2D eigenvalue weighted by atomic mass is 35.5. The van der Waals surface area contributed by atoms with Crippen LogP contribution in [0.5, 0.6) is 0 Å². The Morgan fingerprint density at radius 2 is 1.88 bits per heavy atom. The van der Waals surface area contributed by atoms with E-state index in [-0.39, 0.29) is 5.91 Å². The van der Waals surface area contributed by atoms with E-state index in [2.05, 4.69) is 10.4 Å². The van der Waals surface area contributed by atoms with E-state index in [9.17, 15) is 4.79 Å². The molecule has 1 N–H and O–H groups in total. The molecule has 0 atom stereocenters. The van der Waals surface area contributed by atoms with Crippen LogP contribution >= 0.6 is 11.6 Å². The second-order valence-corrected chi connectivity index (χ2v) is 6.24. The van der Waals surface area contributed by atoms with Crippen LogP contribution in [0.15, 0.2) is 54.9 Å². The number of rotatable bonds is 4. The Morgan fingerprint density at radius 3 is 2.58 bits per heavy atom. The molecule has 122 valence electrons. The number of aromatic nitrogens is 2. The van der Waals surface area contributed by atoms with Crippen molar-refractivity contribution in [2.45, 2.75) is 20.4 Å². The van der Waals surface area contributed by atoms with Crippen LogP contribution in [0.1, 0.15) is 27.0 Å². The zero-order valence-electron chi connectivity index (χ0n) is 13.6. The summed E-state index contributed by atoms with van der Waals surface area (Å²) in [4.78, 5) is 12.3. The first-order valence-corrected chi connectivity index (χ1v) is 8.04. The number of carbonyl (C=O) groups excluding carboxylic acids is 1. The monoisotopic (exact) mass is 339 g/mol. The van der Waals surface area contributed by atoms with Gasteiger partial charge in [-0.15, -0.1) is 0 Å². The molecule has 0 bridgehead atoms. The zero-order valence-corrected chi connectivity index (χ0v) is 14.3. The van der Waals surface area contributed by atoms with Crippen molar-refractivity contribution in [2.75, 3.05) is 5.32 Å². The number of carbonyl (C=O) groups is 1. The van der Waals surface area contributed by atoms with Crippen molar-refractivity contribution in [2.24, 2.45) is 0 Å². The number of benzene rings is 2. The molecule has 0 aliphatic carbocycles. The molecule has 0 radical (unpaired) electrons. The molecule has 4 nitrogen and oxygen atoms in total. The average Bonchev–Trinajstić information content (AvgIpc) is 2.99. The number of anilines is 1. The lowest BCUT2D eigenvalue weighted by atomic mass is 10.1. The van der Waals surface area contributed by atoms with Gasteiger partial charge in [0.2, 0.25) is 0 Å². The van der Waals surface area contributed by atoms with Crippen molar-refractivity contribution in [1.29, 1.82) is 0 Å². The average molecular weight is 340 g/mol. The minimum absolute atomic E-state index is 0.135. The number of hydrogen-bond donors (Lipinski definition) is 1. The summed E-state index contributed by atoms with van der Waals surface area (Å²) >= 11 is 5.89. The normalized spacial score (nSPS) is 10.6. The lowest BCUT2D eigenvalue weighted by molar-refractivity contribution is 0.102. The van der Waals surface area contributed by atoms with E-state index < -0.39 is 0 Å². The predicted octanol–water partition coefficient (Wildman–Crippen LogP) is 4.45. The van der Waals surface area contributed by atoms with Gasteiger partial charge in [0.15, 0.2) is 0 Å². The van der Waals surface area contributed by atoms with Crippen LogP contribution in [0.25, 0.3) is 0 Å². The summed E-state index contributed by atoms with van der Waals surface area (Å²) in [7, 11) is 0. The van der Waals surface area contributed by atoms with E-state index in [0.717, 1.165) is 11.1 Å². The highest BCUT2D eigenvalue weighted by molar-refractivity contribution is 6.30. The van der Waals surface area contributed by atoms with Crippen LogP contribution in [0, 0.1) is 13.8 Å². The molecule has 3 aromatic rings. The van der Waals surface area contributed by atoms with E-state index in [1.165, 1.54) is 5.56 Å². The van der Waals surface area contributed by atoms with Gasteiger partial charge < -0.3 is 5.32 Å². The van der Waals surface area contributed by atoms with E-state index in [0.29, 0.717) is 22.8 Å². The third kappa shape index (κ3) is 3.84. The maximum absolute atomic E-state index is 12.3. The molecule has 24 heavy (non-hydrogen) atoms. The number of hydrogen-bond acceptors (Lipinski definition) is 2. The molecular weight excluding hydrogens is 322 g/mol. The second kappa shape index (κ2) is 6.89. The van der Waals surface area contributed by atoms with Gasteiger partial charge in [-0.25, -0.2) is 0 Å². The molecular formula is C19H18ClN3O. The number of nitrogens with one attached hydrogen (secondary N) is 1. The number of nitrogens with zero attached hydrogens (tertiary/aromatic N) is 2. The highest BCUT2D eigenvalue weighted by Gasteiger charge is 2.08. The standard InChI is InChI=1S/C19H18ClN3O/c1-13-3-6-16(9-14(13)2)19(24)22-18-10-21-23(12-18)11-15-4-7-17(20)8-5-15/h3-10,12H,11H2,1-2H3,(H,22,24). The Morgan fingerprint density at radius 1 is 1.12 bits per heavy atom. The number of amides is 1. The fourth-order valence-electron chi connectivity index (χ4n) is 2.38. The zero-order chi connectivity index (χ0) is 17.1. The maximum Gasteiger partial charge on any atom is 0.255 e. The Kier molecular flexibility index (Phi) is 4.67. The second-order valence-electron chi connectivity index (χ2n) is 5.81. The molecule has 1 amide bonds. The fourth-order valence-corrected chi connectivity index (χ4v) is 2.50. The lowest BCUT2D eigenvalue weighted by Crippen LogP contribution is -2.11. The van der Waals surface area contributed by atoms with E-state index in [1.807, 2.05) is 62.5 Å². The van der Waals surface area contributed by atoms with Gasteiger partial charge in [-0.3, -0.25) is 9.48 Å². The Balaban J connectivity index is 1.68. The molecule has 0 aliphatic rings. The Labute approximate surface area is 146 Å². The van der Waals surface area contributed by atoms with Crippen LogP contribution in [0.4, 0.5) is 5.69 Å². The summed E-state index contributed by atoms with van der Waals surface area (Å²) in [5.74, 6) is -0.135. The summed E-state index contributed by atoms with van der Waals surface area (Å²) in [5, 5.41) is 7.87. The quantitative estimate of drug-likeness (QED) is 0.763. The maximum atomic E-state index is 12.3. The van der Waals surface area contributed by atoms with E-state index in [1.54, 1.807) is 10.9 Å². The van der Waals surface area contributed by atoms with Gasteiger partial charge in [-0.1, -0.05) is 29.8 Å². The molecule has 5 heteroatoms. The molecule has 0 saturated heterocycles. The Bertz CT molecular complexity index is 869. The van der Waals surface area contributed by atoms with Gasteiger partial charge in [0, 0.05) is 16.8 Å². The summed E-state index contributed by atoms with van der Waals surface area (Å²) in [6.07, 6.45) is 3.46. The SMILES string of the molecule is Cc1ccc(C(=O)Nc2cnn(Cc3ccc(Cl)cc3)c2)cc1C. The van der Waals surface area contributed by atoms with Gasteiger partial charge >= 0.3 is 0 Å². The molecule has 0 saturated carbocycles. The fraction of sp³-hybridized carbons (Fsp3) is 0.158. The van der Waals surface area contributed by atoms with Crippen LogP contribution in [0.3, 0.4) is 0 Å². The lowest BCUT2D eigenvalue weighted by Gasteiger charge is -2.05. The summed E-state index contributed by atoms with van der Waals surface area (Å²) in [5.41, 5.74) is 4.67. The van der Waals surface area contributed by atoms with Gasteiger partial charge in [0.25, 0.3) is 5.91 Å². The third-order valence-electron chi connectivity index (χ3n) is 3.92. The van der Waals surface area contributed by atoms with Gasteiger partial charge in [-0.05, 0) is 54.8 Å². The van der Waals surface area contributed by atoms with Crippen molar-refractivity contribution >= 4 is 23.2 Å². The van der Waals surface area contributed by atoms with Crippen LogP contribution in [-0.4, -0.2) is 15.7 Å². The Hall–Kier alpha value is -2.59. The molecule has 0 fully saturated rings. The van der Waals surface area contributed by atoms with Crippen molar-refractivity contribution in [3.63, 3.8) is 0 Å². The van der Waals surface area contributed by atoms with E-state index >= 15 is 0 Å². The first-order chi connectivity index (χ1) is 11.5. The number of aryl methyl sites for hydroxylation is 2. The molecule has 0 spiro atoms. The molecule has 1 heterocycles. The molecule has 3 rings (SSSR count).